The summed E-state index contributed by atoms with van der Waals surface area (Å²) in [5, 5.41) is 0. The quantitative estimate of drug-likeness (QED) is 0.707. The van der Waals surface area contributed by atoms with Gasteiger partial charge in [-0.15, -0.1) is 11.8 Å². The summed E-state index contributed by atoms with van der Waals surface area (Å²) in [7, 11) is 0. The Morgan fingerprint density at radius 2 is 2.13 bits per heavy atom. The van der Waals surface area contributed by atoms with Crippen LogP contribution in [0.2, 0.25) is 0 Å². The highest BCUT2D eigenvalue weighted by molar-refractivity contribution is 8.07. The molecular formula is C14H16S. The van der Waals surface area contributed by atoms with Gasteiger partial charge in [0, 0.05) is 4.91 Å². The van der Waals surface area contributed by atoms with Gasteiger partial charge in [0.05, 0.1) is 0 Å². The predicted molar refractivity (Wildman–Crippen MR) is 71.0 cm³/mol. The van der Waals surface area contributed by atoms with Gasteiger partial charge in [0.15, 0.2) is 0 Å². The van der Waals surface area contributed by atoms with E-state index in [0.717, 1.165) is 11.3 Å². The predicted octanol–water partition coefficient (Wildman–Crippen LogP) is 4.37. The molecule has 0 saturated heterocycles. The van der Waals surface area contributed by atoms with E-state index in [9.17, 15) is 0 Å². The van der Waals surface area contributed by atoms with E-state index in [1.54, 1.807) is 11.8 Å². The smallest absolute Gasteiger partial charge is 0.00699 e. The van der Waals surface area contributed by atoms with Gasteiger partial charge >= 0.3 is 0 Å². The molecule has 0 N–H and O–H groups in total. The van der Waals surface area contributed by atoms with Crippen LogP contribution in [-0.4, -0.2) is 6.26 Å². The molecule has 0 fully saturated rings. The third-order valence-electron chi connectivity index (χ3n) is 2.98. The van der Waals surface area contributed by atoms with Gasteiger partial charge in [-0.05, 0) is 53.8 Å². The van der Waals surface area contributed by atoms with E-state index in [1.807, 2.05) is 0 Å². The zero-order valence-corrected chi connectivity index (χ0v) is 9.99. The Bertz CT molecular complexity index is 415. The lowest BCUT2D eigenvalue weighted by atomic mass is 9.87. The second kappa shape index (κ2) is 4.28. The maximum absolute atomic E-state index is 4.15. The van der Waals surface area contributed by atoms with Crippen LogP contribution in [0.1, 0.15) is 29.5 Å². The van der Waals surface area contributed by atoms with Crippen molar-refractivity contribution in [2.24, 2.45) is 0 Å². The average molecular weight is 216 g/mol. The summed E-state index contributed by atoms with van der Waals surface area (Å²) in [6.07, 6.45) is 5.65. The van der Waals surface area contributed by atoms with Gasteiger partial charge < -0.3 is 0 Å². The fourth-order valence-electron chi connectivity index (χ4n) is 2.04. The monoisotopic (exact) mass is 216 g/mol. The number of benzene rings is 1. The van der Waals surface area contributed by atoms with Crippen molar-refractivity contribution in [2.75, 3.05) is 6.26 Å². The van der Waals surface area contributed by atoms with Crippen molar-refractivity contribution < 1.29 is 0 Å². The first-order valence-corrected chi connectivity index (χ1v) is 6.49. The number of hydrogen-bond acceptors (Lipinski definition) is 1. The van der Waals surface area contributed by atoms with Crippen LogP contribution in [-0.2, 0) is 6.42 Å². The topological polar surface area (TPSA) is 0 Å². The standard InChI is InChI=1S/C14H16S/c1-10-5-4-6-12-7-8-13(9-14(10)12)11(2)15-3/h7-9H,1-2,4-6H2,3H3. The van der Waals surface area contributed by atoms with Crippen molar-refractivity contribution >= 4 is 22.2 Å². The highest BCUT2D eigenvalue weighted by atomic mass is 32.2. The summed E-state index contributed by atoms with van der Waals surface area (Å²) in [5.74, 6) is 0. The third kappa shape index (κ3) is 2.03. The van der Waals surface area contributed by atoms with Crippen molar-refractivity contribution in [3.05, 3.63) is 48.0 Å². The van der Waals surface area contributed by atoms with Crippen LogP contribution in [0.15, 0.2) is 31.4 Å². The van der Waals surface area contributed by atoms with Gasteiger partial charge in [0.25, 0.3) is 0 Å². The molecule has 1 aliphatic rings. The van der Waals surface area contributed by atoms with Crippen LogP contribution in [0.3, 0.4) is 0 Å². The Labute approximate surface area is 96.1 Å². The molecule has 1 aromatic rings. The highest BCUT2D eigenvalue weighted by Gasteiger charge is 2.13. The average Bonchev–Trinajstić information content (AvgIpc) is 2.28. The van der Waals surface area contributed by atoms with Gasteiger partial charge in [-0.1, -0.05) is 25.3 Å². The largest absolute Gasteiger partial charge is 0.130 e. The number of rotatable bonds is 2. The molecule has 0 saturated carbocycles. The molecule has 0 heterocycles. The Morgan fingerprint density at radius 1 is 1.33 bits per heavy atom. The Balaban J connectivity index is 2.44. The van der Waals surface area contributed by atoms with E-state index in [0.29, 0.717) is 0 Å². The molecule has 15 heavy (non-hydrogen) atoms. The second-order valence-corrected chi connectivity index (χ2v) is 4.86. The molecular weight excluding hydrogens is 200 g/mol. The van der Waals surface area contributed by atoms with E-state index in [4.69, 9.17) is 0 Å². The number of aryl methyl sites for hydroxylation is 1. The molecule has 0 amide bonds. The van der Waals surface area contributed by atoms with E-state index in [1.165, 1.54) is 35.1 Å². The lowest BCUT2D eigenvalue weighted by Crippen LogP contribution is -2.01. The van der Waals surface area contributed by atoms with Gasteiger partial charge in [0.2, 0.25) is 0 Å². The van der Waals surface area contributed by atoms with Gasteiger partial charge in [-0.25, -0.2) is 0 Å². The fourth-order valence-corrected chi connectivity index (χ4v) is 2.40. The summed E-state index contributed by atoms with van der Waals surface area (Å²) in [5.41, 5.74) is 5.33. The maximum Gasteiger partial charge on any atom is 0.00699 e. The fraction of sp³-hybridized carbons (Fsp3) is 0.286. The molecule has 0 nitrogen and oxygen atoms in total. The molecule has 0 spiro atoms. The highest BCUT2D eigenvalue weighted by Crippen LogP contribution is 2.33. The first-order valence-electron chi connectivity index (χ1n) is 5.26. The van der Waals surface area contributed by atoms with Crippen molar-refractivity contribution in [1.29, 1.82) is 0 Å². The van der Waals surface area contributed by atoms with Crippen LogP contribution in [0.4, 0.5) is 0 Å². The summed E-state index contributed by atoms with van der Waals surface area (Å²) >= 11 is 1.71. The third-order valence-corrected chi connectivity index (χ3v) is 3.71. The Hall–Kier alpha value is -0.950. The molecule has 1 aromatic carbocycles. The summed E-state index contributed by atoms with van der Waals surface area (Å²) in [4.78, 5) is 1.14. The van der Waals surface area contributed by atoms with Crippen molar-refractivity contribution in [2.45, 2.75) is 19.3 Å². The van der Waals surface area contributed by atoms with Crippen LogP contribution in [0.5, 0.6) is 0 Å². The summed E-state index contributed by atoms with van der Waals surface area (Å²) < 4.78 is 0. The van der Waals surface area contributed by atoms with Crippen molar-refractivity contribution in [3.8, 4) is 0 Å². The first-order chi connectivity index (χ1) is 7.22. The molecule has 0 bridgehead atoms. The molecule has 0 radical (unpaired) electrons. The molecule has 0 aliphatic heterocycles. The first kappa shape index (κ1) is 10.6. The minimum atomic E-state index is 1.14. The van der Waals surface area contributed by atoms with Gasteiger partial charge in [-0.2, -0.15) is 0 Å². The zero-order chi connectivity index (χ0) is 10.8. The Kier molecular flexibility index (Phi) is 3.01. The normalized spacial score (nSPS) is 14.9. The maximum atomic E-state index is 4.15. The number of hydrogen-bond donors (Lipinski definition) is 0. The second-order valence-electron chi connectivity index (χ2n) is 3.96. The molecule has 1 aliphatic carbocycles. The molecule has 0 atom stereocenters. The van der Waals surface area contributed by atoms with E-state index in [-0.39, 0.29) is 0 Å². The number of thioether (sulfide) groups is 1. The summed E-state index contributed by atoms with van der Waals surface area (Å²) in [6.45, 7) is 8.20. The van der Waals surface area contributed by atoms with E-state index in [2.05, 4.69) is 37.6 Å². The van der Waals surface area contributed by atoms with Crippen LogP contribution >= 0.6 is 11.8 Å². The van der Waals surface area contributed by atoms with Crippen molar-refractivity contribution in [3.63, 3.8) is 0 Å². The molecule has 0 unspecified atom stereocenters. The SMILES string of the molecule is C=C(SC)c1ccc2c(c1)C(=C)CCC2. The molecule has 78 valence electrons. The van der Waals surface area contributed by atoms with Gasteiger partial charge in [0.1, 0.15) is 0 Å². The van der Waals surface area contributed by atoms with Crippen LogP contribution in [0.25, 0.3) is 10.5 Å². The molecule has 2 rings (SSSR count). The zero-order valence-electron chi connectivity index (χ0n) is 9.18. The molecule has 1 heteroatoms. The van der Waals surface area contributed by atoms with Crippen LogP contribution in [0, 0.1) is 0 Å². The number of fused-ring (bicyclic) bond motifs is 1. The van der Waals surface area contributed by atoms with Crippen molar-refractivity contribution in [1.82, 2.24) is 0 Å². The summed E-state index contributed by atoms with van der Waals surface area (Å²) in [6, 6.07) is 6.66. The molecule has 0 aromatic heterocycles. The van der Waals surface area contributed by atoms with Crippen LogP contribution < -0.4 is 0 Å². The van der Waals surface area contributed by atoms with E-state index < -0.39 is 0 Å². The van der Waals surface area contributed by atoms with Gasteiger partial charge in [-0.3, -0.25) is 0 Å². The lowest BCUT2D eigenvalue weighted by molar-refractivity contribution is 0.823. The van der Waals surface area contributed by atoms with E-state index >= 15 is 0 Å². The minimum Gasteiger partial charge on any atom is -0.130 e. The number of allylic oxidation sites excluding steroid dienone is 1. The minimum absolute atomic E-state index is 1.14. The Morgan fingerprint density at radius 3 is 2.87 bits per heavy atom. The lowest BCUT2D eigenvalue weighted by Gasteiger charge is -2.19.